The zero-order chi connectivity index (χ0) is 16.5. The normalized spacial score (nSPS) is 14.2. The van der Waals surface area contributed by atoms with Crippen LogP contribution in [-0.2, 0) is 15.6 Å². The largest absolute Gasteiger partial charge is 0.405 e. The summed E-state index contributed by atoms with van der Waals surface area (Å²) in [5, 5.41) is 1.16. The van der Waals surface area contributed by atoms with E-state index in [4.69, 9.17) is 10.2 Å². The van der Waals surface area contributed by atoms with Gasteiger partial charge in [0.2, 0.25) is 5.91 Å². The quantitative estimate of drug-likeness (QED) is 0.827. The molecular formula is C17H26N2O2Si. The van der Waals surface area contributed by atoms with Gasteiger partial charge in [0.15, 0.2) is 8.32 Å². The van der Waals surface area contributed by atoms with Crippen LogP contribution in [0.25, 0.3) is 10.9 Å². The van der Waals surface area contributed by atoms with Crippen LogP contribution < -0.4 is 5.73 Å². The number of rotatable bonds is 5. The van der Waals surface area contributed by atoms with E-state index >= 15 is 0 Å². The molecule has 2 aromatic rings. The van der Waals surface area contributed by atoms with Gasteiger partial charge in [0.25, 0.3) is 0 Å². The topological polar surface area (TPSA) is 68.1 Å². The van der Waals surface area contributed by atoms with E-state index in [2.05, 4.69) is 38.8 Å². The molecule has 4 nitrogen and oxygen atoms in total. The molecule has 2 rings (SSSR count). The minimum Gasteiger partial charge on any atom is -0.405 e. The van der Waals surface area contributed by atoms with E-state index < -0.39 is 20.3 Å². The molecule has 0 radical (unpaired) electrons. The van der Waals surface area contributed by atoms with Gasteiger partial charge in [-0.05, 0) is 29.8 Å². The monoisotopic (exact) mass is 318 g/mol. The Balaban J connectivity index is 2.25. The van der Waals surface area contributed by atoms with Crippen molar-refractivity contribution in [3.8, 4) is 0 Å². The van der Waals surface area contributed by atoms with E-state index in [-0.39, 0.29) is 5.04 Å². The van der Waals surface area contributed by atoms with Crippen LogP contribution in [0.4, 0.5) is 0 Å². The van der Waals surface area contributed by atoms with Crippen molar-refractivity contribution in [2.75, 3.05) is 0 Å². The van der Waals surface area contributed by atoms with Gasteiger partial charge < -0.3 is 15.1 Å². The SMILES string of the molecule is CC(C)(C)[Si](C)(C)O[C@@H](Cc1c[nH]c2ccccc12)C(N)=O. The number of hydrogen-bond donors (Lipinski definition) is 2. The molecule has 1 aromatic heterocycles. The number of aromatic amines is 1. The molecule has 0 aliphatic heterocycles. The van der Waals surface area contributed by atoms with Gasteiger partial charge in [0, 0.05) is 23.5 Å². The maximum absolute atomic E-state index is 11.9. The van der Waals surface area contributed by atoms with Gasteiger partial charge in [-0.1, -0.05) is 39.0 Å². The standard InChI is InChI=1S/C17H26N2O2Si/c1-17(2,3)22(4,5)21-15(16(18)20)10-12-11-19-14-9-7-6-8-13(12)14/h6-9,11,15,19H,10H2,1-5H3,(H2,18,20)/t15-/m0/s1. The number of hydrogen-bond acceptors (Lipinski definition) is 2. The number of fused-ring (bicyclic) bond motifs is 1. The molecule has 0 saturated carbocycles. The van der Waals surface area contributed by atoms with E-state index in [9.17, 15) is 4.79 Å². The van der Waals surface area contributed by atoms with E-state index in [1.165, 1.54) is 0 Å². The lowest BCUT2D eigenvalue weighted by Crippen LogP contribution is -2.48. The average molecular weight is 318 g/mol. The first-order chi connectivity index (χ1) is 10.1. The molecular weight excluding hydrogens is 292 g/mol. The minimum atomic E-state index is -2.04. The molecule has 22 heavy (non-hydrogen) atoms. The Morgan fingerprint density at radius 1 is 1.32 bits per heavy atom. The fourth-order valence-electron chi connectivity index (χ4n) is 2.23. The van der Waals surface area contributed by atoms with Crippen molar-refractivity contribution in [2.24, 2.45) is 5.73 Å². The maximum atomic E-state index is 11.9. The Morgan fingerprint density at radius 3 is 2.55 bits per heavy atom. The predicted octanol–water partition coefficient (Wildman–Crippen LogP) is 3.59. The summed E-state index contributed by atoms with van der Waals surface area (Å²) < 4.78 is 6.24. The van der Waals surface area contributed by atoms with Crippen LogP contribution >= 0.6 is 0 Å². The Morgan fingerprint density at radius 2 is 1.95 bits per heavy atom. The number of amides is 1. The first-order valence-electron chi connectivity index (χ1n) is 7.64. The highest BCUT2D eigenvalue weighted by Crippen LogP contribution is 2.37. The third-order valence-electron chi connectivity index (χ3n) is 4.64. The summed E-state index contributed by atoms with van der Waals surface area (Å²) >= 11 is 0. The molecule has 1 heterocycles. The predicted molar refractivity (Wildman–Crippen MR) is 93.3 cm³/mol. The van der Waals surface area contributed by atoms with E-state index in [0.717, 1.165) is 16.5 Å². The number of para-hydroxylation sites is 1. The van der Waals surface area contributed by atoms with Gasteiger partial charge in [0.1, 0.15) is 6.10 Å². The summed E-state index contributed by atoms with van der Waals surface area (Å²) in [6.07, 6.45) is 1.86. The molecule has 120 valence electrons. The number of nitrogens with two attached hydrogens (primary N) is 1. The van der Waals surface area contributed by atoms with Crippen molar-refractivity contribution in [3.05, 3.63) is 36.0 Å². The molecule has 0 spiro atoms. The Bertz CT molecular complexity index is 671. The first-order valence-corrected chi connectivity index (χ1v) is 10.5. The number of H-pyrrole nitrogens is 1. The van der Waals surface area contributed by atoms with Gasteiger partial charge in [-0.3, -0.25) is 4.79 Å². The number of carbonyl (C=O) groups excluding carboxylic acids is 1. The number of aromatic nitrogens is 1. The second kappa shape index (κ2) is 5.89. The van der Waals surface area contributed by atoms with Crippen molar-refractivity contribution in [2.45, 2.75) is 51.4 Å². The molecule has 3 N–H and O–H groups in total. The summed E-state index contributed by atoms with van der Waals surface area (Å²) in [6.45, 7) is 10.7. The second-order valence-corrected chi connectivity index (χ2v) is 12.1. The number of primary amides is 1. The zero-order valence-electron chi connectivity index (χ0n) is 14.1. The highest BCUT2D eigenvalue weighted by Gasteiger charge is 2.40. The Hall–Kier alpha value is -1.59. The maximum Gasteiger partial charge on any atom is 0.245 e. The molecule has 0 fully saturated rings. The molecule has 0 saturated heterocycles. The van der Waals surface area contributed by atoms with E-state index in [1.807, 2.05) is 30.5 Å². The van der Waals surface area contributed by atoms with Crippen LogP contribution in [0.1, 0.15) is 26.3 Å². The van der Waals surface area contributed by atoms with Gasteiger partial charge in [-0.2, -0.15) is 0 Å². The smallest absolute Gasteiger partial charge is 0.245 e. The fourth-order valence-corrected chi connectivity index (χ4v) is 3.50. The third kappa shape index (κ3) is 3.42. The lowest BCUT2D eigenvalue weighted by atomic mass is 10.1. The molecule has 1 aromatic carbocycles. The highest BCUT2D eigenvalue weighted by atomic mass is 28.4. The van der Waals surface area contributed by atoms with Gasteiger partial charge >= 0.3 is 0 Å². The van der Waals surface area contributed by atoms with Gasteiger partial charge in [-0.25, -0.2) is 0 Å². The first kappa shape index (κ1) is 16.8. The van der Waals surface area contributed by atoms with Crippen LogP contribution in [0.2, 0.25) is 18.1 Å². The summed E-state index contributed by atoms with van der Waals surface area (Å²) in [5.74, 6) is -0.393. The average Bonchev–Trinajstić information content (AvgIpc) is 2.80. The van der Waals surface area contributed by atoms with Crippen molar-refractivity contribution < 1.29 is 9.22 Å². The van der Waals surface area contributed by atoms with Crippen LogP contribution in [0.15, 0.2) is 30.5 Å². The molecule has 0 aliphatic rings. The van der Waals surface area contributed by atoms with Gasteiger partial charge in [-0.15, -0.1) is 0 Å². The fraction of sp³-hybridized carbons (Fsp3) is 0.471. The van der Waals surface area contributed by atoms with E-state index in [1.54, 1.807) is 0 Å². The lowest BCUT2D eigenvalue weighted by Gasteiger charge is -2.38. The van der Waals surface area contributed by atoms with Crippen molar-refractivity contribution in [1.29, 1.82) is 0 Å². The van der Waals surface area contributed by atoms with E-state index in [0.29, 0.717) is 6.42 Å². The number of carbonyl (C=O) groups is 1. The third-order valence-corrected chi connectivity index (χ3v) is 9.13. The zero-order valence-corrected chi connectivity index (χ0v) is 15.1. The molecule has 0 bridgehead atoms. The second-order valence-electron chi connectivity index (χ2n) is 7.33. The molecule has 5 heteroatoms. The summed E-state index contributed by atoms with van der Waals surface area (Å²) in [5.41, 5.74) is 7.73. The molecule has 1 amide bonds. The van der Waals surface area contributed by atoms with Crippen molar-refractivity contribution >= 4 is 25.1 Å². The molecule has 0 unspecified atom stereocenters. The van der Waals surface area contributed by atoms with Crippen LogP contribution in [0.5, 0.6) is 0 Å². The van der Waals surface area contributed by atoms with Crippen molar-refractivity contribution in [1.82, 2.24) is 4.98 Å². The molecule has 1 atom stereocenters. The highest BCUT2D eigenvalue weighted by molar-refractivity contribution is 6.74. The van der Waals surface area contributed by atoms with Gasteiger partial charge in [0.05, 0.1) is 0 Å². The number of nitrogens with one attached hydrogen (secondary N) is 1. The summed E-state index contributed by atoms with van der Waals surface area (Å²) in [6, 6.07) is 8.05. The Kier molecular flexibility index (Phi) is 4.49. The van der Waals surface area contributed by atoms with Crippen LogP contribution in [-0.4, -0.2) is 25.3 Å². The van der Waals surface area contributed by atoms with Crippen LogP contribution in [0, 0.1) is 0 Å². The van der Waals surface area contributed by atoms with Crippen molar-refractivity contribution in [3.63, 3.8) is 0 Å². The minimum absolute atomic E-state index is 0.0426. The Labute approximate surface area is 133 Å². The summed E-state index contributed by atoms with van der Waals surface area (Å²) in [7, 11) is -2.04. The lowest BCUT2D eigenvalue weighted by molar-refractivity contribution is -0.125. The number of benzene rings is 1. The van der Waals surface area contributed by atoms with Crippen LogP contribution in [0.3, 0.4) is 0 Å². The summed E-state index contributed by atoms with van der Waals surface area (Å²) in [4.78, 5) is 15.1. The molecule has 0 aliphatic carbocycles.